The molecule has 1 saturated heterocycles. The predicted octanol–water partition coefficient (Wildman–Crippen LogP) is 5.32. The number of hydrogen-bond donors (Lipinski definition) is 2. The zero-order chi connectivity index (χ0) is 29.2. The molecule has 4 aromatic carbocycles. The molecule has 41 heavy (non-hydrogen) atoms. The van der Waals surface area contributed by atoms with Crippen molar-refractivity contribution in [2.24, 2.45) is 5.92 Å². The third-order valence-electron chi connectivity index (χ3n) is 7.23. The maximum atomic E-state index is 13.2. The van der Waals surface area contributed by atoms with Crippen LogP contribution in [0.1, 0.15) is 30.1 Å². The summed E-state index contributed by atoms with van der Waals surface area (Å²) in [6.07, 6.45) is 1.77. The van der Waals surface area contributed by atoms with E-state index in [-0.39, 0.29) is 26.9 Å². The molecule has 1 heterocycles. The molecule has 214 valence electrons. The highest BCUT2D eigenvalue weighted by Crippen LogP contribution is 2.29. The first-order valence-corrected chi connectivity index (χ1v) is 16.1. The number of nitrogens with zero attached hydrogens (tertiary/aromatic N) is 1. The van der Waals surface area contributed by atoms with Crippen LogP contribution in [0.3, 0.4) is 0 Å². The van der Waals surface area contributed by atoms with Gasteiger partial charge in [-0.1, -0.05) is 43.3 Å². The van der Waals surface area contributed by atoms with Gasteiger partial charge in [-0.2, -0.15) is 0 Å². The number of benzene rings is 4. The Morgan fingerprint density at radius 3 is 2.15 bits per heavy atom. The first-order valence-electron chi connectivity index (χ1n) is 13.2. The van der Waals surface area contributed by atoms with Crippen LogP contribution < -0.4 is 14.2 Å². The molecule has 0 bridgehead atoms. The maximum absolute atomic E-state index is 13.2. The van der Waals surface area contributed by atoms with Crippen molar-refractivity contribution in [2.45, 2.75) is 29.6 Å². The highest BCUT2D eigenvalue weighted by Gasteiger charge is 2.26. The van der Waals surface area contributed by atoms with Crippen LogP contribution in [-0.4, -0.2) is 47.8 Å². The smallest absolute Gasteiger partial charge is 0.261 e. The maximum Gasteiger partial charge on any atom is 0.261 e. The van der Waals surface area contributed by atoms with Gasteiger partial charge < -0.3 is 9.64 Å². The van der Waals surface area contributed by atoms with Crippen molar-refractivity contribution < 1.29 is 26.4 Å². The monoisotopic (exact) mass is 593 g/mol. The van der Waals surface area contributed by atoms with E-state index in [9.17, 15) is 21.6 Å². The number of hydrogen-bond acceptors (Lipinski definition) is 6. The minimum absolute atomic E-state index is 0.0263. The number of piperidine rings is 1. The molecule has 1 fully saturated rings. The Morgan fingerprint density at radius 1 is 0.805 bits per heavy atom. The molecule has 0 spiro atoms. The lowest BCUT2D eigenvalue weighted by molar-refractivity contribution is 0.0693. The number of carbonyl (C=O) groups is 1. The molecule has 1 aliphatic heterocycles. The van der Waals surface area contributed by atoms with Gasteiger partial charge in [0.2, 0.25) is 0 Å². The van der Waals surface area contributed by atoms with E-state index in [4.69, 9.17) is 4.74 Å². The van der Waals surface area contributed by atoms with Crippen molar-refractivity contribution in [2.75, 3.05) is 29.6 Å². The molecule has 11 heteroatoms. The van der Waals surface area contributed by atoms with Gasteiger partial charge in [-0.05, 0) is 72.7 Å². The van der Waals surface area contributed by atoms with E-state index >= 15 is 0 Å². The third-order valence-corrected chi connectivity index (χ3v) is 9.99. The molecule has 0 radical (unpaired) electrons. The summed E-state index contributed by atoms with van der Waals surface area (Å²) in [4.78, 5) is 14.8. The van der Waals surface area contributed by atoms with Gasteiger partial charge in [-0.25, -0.2) is 16.8 Å². The van der Waals surface area contributed by atoms with Crippen molar-refractivity contribution in [3.05, 3.63) is 90.5 Å². The van der Waals surface area contributed by atoms with Gasteiger partial charge in [0.15, 0.2) is 0 Å². The summed E-state index contributed by atoms with van der Waals surface area (Å²) in [5, 5.41) is 1.65. The Hall–Kier alpha value is -4.09. The van der Waals surface area contributed by atoms with E-state index in [2.05, 4.69) is 16.4 Å². The molecule has 1 amide bonds. The topological polar surface area (TPSA) is 122 Å². The van der Waals surface area contributed by atoms with Gasteiger partial charge in [0.25, 0.3) is 26.0 Å². The molecule has 0 aliphatic carbocycles. The van der Waals surface area contributed by atoms with E-state index in [1.54, 1.807) is 17.0 Å². The van der Waals surface area contributed by atoms with Gasteiger partial charge in [0.1, 0.15) is 5.75 Å². The van der Waals surface area contributed by atoms with Gasteiger partial charge in [0, 0.05) is 24.2 Å². The second kappa shape index (κ2) is 11.4. The second-order valence-corrected chi connectivity index (χ2v) is 13.5. The summed E-state index contributed by atoms with van der Waals surface area (Å²) >= 11 is 0. The Morgan fingerprint density at radius 2 is 1.44 bits per heavy atom. The number of sulfonamides is 2. The molecular weight excluding hydrogens is 562 g/mol. The molecule has 2 N–H and O–H groups in total. The average molecular weight is 594 g/mol. The summed E-state index contributed by atoms with van der Waals surface area (Å²) in [6, 6.07) is 22.3. The zero-order valence-corrected chi connectivity index (χ0v) is 24.3. The van der Waals surface area contributed by atoms with E-state index in [1.165, 1.54) is 49.6 Å². The zero-order valence-electron chi connectivity index (χ0n) is 22.7. The van der Waals surface area contributed by atoms with E-state index in [1.807, 2.05) is 30.3 Å². The summed E-state index contributed by atoms with van der Waals surface area (Å²) in [6.45, 7) is 3.34. The van der Waals surface area contributed by atoms with Crippen molar-refractivity contribution >= 4 is 48.1 Å². The van der Waals surface area contributed by atoms with Crippen molar-refractivity contribution in [3.63, 3.8) is 0 Å². The van der Waals surface area contributed by atoms with Crippen molar-refractivity contribution in [1.82, 2.24) is 4.90 Å². The fourth-order valence-corrected chi connectivity index (χ4v) is 7.00. The van der Waals surface area contributed by atoms with E-state index in [0.29, 0.717) is 30.4 Å². The first-order chi connectivity index (χ1) is 19.6. The molecule has 1 aliphatic rings. The molecule has 5 rings (SSSR count). The third kappa shape index (κ3) is 6.15. The molecular formula is C30H31N3O6S2. The van der Waals surface area contributed by atoms with Crippen LogP contribution in [0, 0.1) is 5.92 Å². The number of rotatable bonds is 8. The fraction of sp³-hybridized carbons (Fsp3) is 0.233. The number of nitrogens with one attached hydrogen (secondary N) is 2. The summed E-state index contributed by atoms with van der Waals surface area (Å²) in [5.41, 5.74) is 0.783. The van der Waals surface area contributed by atoms with Crippen LogP contribution in [-0.2, 0) is 20.0 Å². The number of carbonyl (C=O) groups excluding carboxylic acids is 1. The molecule has 0 saturated carbocycles. The highest BCUT2D eigenvalue weighted by molar-refractivity contribution is 7.93. The van der Waals surface area contributed by atoms with Crippen LogP contribution in [0.2, 0.25) is 0 Å². The first kappa shape index (κ1) is 28.4. The number of fused-ring (bicyclic) bond motifs is 1. The van der Waals surface area contributed by atoms with E-state index in [0.717, 1.165) is 23.6 Å². The van der Waals surface area contributed by atoms with Gasteiger partial charge in [-0.15, -0.1) is 0 Å². The molecule has 0 atom stereocenters. The number of likely N-dealkylation sites (tertiary alicyclic amines) is 1. The van der Waals surface area contributed by atoms with Crippen LogP contribution in [0.25, 0.3) is 10.8 Å². The summed E-state index contributed by atoms with van der Waals surface area (Å²) in [7, 11) is -6.60. The normalized spacial score (nSPS) is 14.5. The largest absolute Gasteiger partial charge is 0.496 e. The average Bonchev–Trinajstić information content (AvgIpc) is 2.97. The van der Waals surface area contributed by atoms with Crippen LogP contribution in [0.4, 0.5) is 11.4 Å². The lowest BCUT2D eigenvalue weighted by Crippen LogP contribution is -2.38. The Kier molecular flexibility index (Phi) is 7.92. The van der Waals surface area contributed by atoms with Crippen LogP contribution in [0.15, 0.2) is 94.7 Å². The van der Waals surface area contributed by atoms with E-state index < -0.39 is 20.0 Å². The second-order valence-electron chi connectivity index (χ2n) is 10.1. The summed E-state index contributed by atoms with van der Waals surface area (Å²) < 4.78 is 63.1. The Balaban J connectivity index is 1.34. The number of methoxy groups -OCH3 is 1. The Labute approximate surface area is 240 Å². The fourth-order valence-electron chi connectivity index (χ4n) is 4.84. The standard InChI is InChI=1S/C30H31N3O6S2/c1-21-16-18-33(19-17-21)30(34)27-20-25(14-15-29(27)39-2)41(37,38)31-23-10-12-24(13-11-23)40(35,36)32-28-9-5-7-22-6-3-4-8-26(22)28/h3-15,20-21,31-32H,16-19H2,1-2H3. The number of anilines is 2. The minimum atomic E-state index is -4.10. The van der Waals surface area contributed by atoms with Gasteiger partial charge in [-0.3, -0.25) is 14.2 Å². The Bertz CT molecular complexity index is 1790. The lowest BCUT2D eigenvalue weighted by atomic mass is 9.98. The lowest BCUT2D eigenvalue weighted by Gasteiger charge is -2.30. The molecule has 0 aromatic heterocycles. The van der Waals surface area contributed by atoms with Gasteiger partial charge >= 0.3 is 0 Å². The van der Waals surface area contributed by atoms with Crippen molar-refractivity contribution in [3.8, 4) is 5.75 Å². The summed E-state index contributed by atoms with van der Waals surface area (Å²) in [5.74, 6) is 0.548. The van der Waals surface area contributed by atoms with Gasteiger partial charge in [0.05, 0.1) is 28.2 Å². The quantitative estimate of drug-likeness (QED) is 0.285. The molecule has 0 unspecified atom stereocenters. The molecule has 9 nitrogen and oxygen atoms in total. The predicted molar refractivity (Wildman–Crippen MR) is 159 cm³/mol. The number of ether oxygens (including phenoxy) is 1. The van der Waals surface area contributed by atoms with Crippen molar-refractivity contribution in [1.29, 1.82) is 0 Å². The van der Waals surface area contributed by atoms with Crippen LogP contribution >= 0.6 is 0 Å². The highest BCUT2D eigenvalue weighted by atomic mass is 32.2. The SMILES string of the molecule is COc1ccc(S(=O)(=O)Nc2ccc(S(=O)(=O)Nc3cccc4ccccc34)cc2)cc1C(=O)N1CCC(C)CC1. The van der Waals surface area contributed by atoms with Crippen LogP contribution in [0.5, 0.6) is 5.75 Å². The molecule has 4 aromatic rings. The number of amides is 1. The minimum Gasteiger partial charge on any atom is -0.496 e.